The number of likely N-dealkylation sites (N-methyl/N-ethyl adjacent to an activating group) is 1. The molecule has 4 rings (SSSR count). The molecule has 0 fully saturated rings. The summed E-state index contributed by atoms with van der Waals surface area (Å²) in [7, 11) is 1.97. The summed E-state index contributed by atoms with van der Waals surface area (Å²) in [6.07, 6.45) is 1.50. The van der Waals surface area contributed by atoms with E-state index in [0.717, 1.165) is 11.5 Å². The van der Waals surface area contributed by atoms with Crippen molar-refractivity contribution in [2.24, 2.45) is 0 Å². The van der Waals surface area contributed by atoms with Crippen LogP contribution in [0.4, 0.5) is 0 Å². The molecule has 0 spiro atoms. The van der Waals surface area contributed by atoms with E-state index in [2.05, 4.69) is 9.88 Å². The lowest BCUT2D eigenvalue weighted by atomic mass is 10.2. The molecule has 3 aromatic rings. The molecule has 1 atom stereocenters. The maximum atomic E-state index is 12.3. The predicted molar refractivity (Wildman–Crippen MR) is 99.2 cm³/mol. The lowest BCUT2D eigenvalue weighted by molar-refractivity contribution is 0.0635. The molecule has 0 saturated carbocycles. The van der Waals surface area contributed by atoms with Gasteiger partial charge in [-0.1, -0.05) is 23.7 Å². The summed E-state index contributed by atoms with van der Waals surface area (Å²) in [5, 5.41) is 0.501. The number of benzene rings is 1. The number of hydrogen-bond acceptors (Lipinski definition) is 5. The van der Waals surface area contributed by atoms with Gasteiger partial charge in [0.05, 0.1) is 10.7 Å². The highest BCUT2D eigenvalue weighted by Crippen LogP contribution is 2.30. The van der Waals surface area contributed by atoms with Crippen LogP contribution in [-0.4, -0.2) is 40.6 Å². The van der Waals surface area contributed by atoms with Crippen molar-refractivity contribution in [3.63, 3.8) is 0 Å². The topological polar surface area (TPSA) is 56.1 Å². The average Bonchev–Trinajstić information content (AvgIpc) is 2.62. The first-order chi connectivity index (χ1) is 12.6. The Morgan fingerprint density at radius 2 is 2.08 bits per heavy atom. The van der Waals surface area contributed by atoms with E-state index in [-0.39, 0.29) is 11.7 Å². The van der Waals surface area contributed by atoms with Crippen molar-refractivity contribution in [3.05, 3.63) is 69.7 Å². The summed E-state index contributed by atoms with van der Waals surface area (Å²) < 4.78 is 13.2. The smallest absolute Gasteiger partial charge is 0.258 e. The van der Waals surface area contributed by atoms with E-state index in [9.17, 15) is 4.79 Å². The van der Waals surface area contributed by atoms with Crippen LogP contribution in [0.15, 0.2) is 53.5 Å². The highest BCUT2D eigenvalue weighted by atomic mass is 35.5. The van der Waals surface area contributed by atoms with E-state index in [1.165, 1.54) is 10.5 Å². The van der Waals surface area contributed by atoms with E-state index < -0.39 is 0 Å². The first-order valence-electron chi connectivity index (χ1n) is 8.33. The zero-order valence-electron chi connectivity index (χ0n) is 14.3. The minimum atomic E-state index is -0.146. The van der Waals surface area contributed by atoms with Crippen LogP contribution >= 0.6 is 11.6 Å². The maximum absolute atomic E-state index is 12.3. The molecule has 0 aliphatic carbocycles. The Hall–Kier alpha value is -2.57. The Kier molecular flexibility index (Phi) is 4.53. The first kappa shape index (κ1) is 16.9. The highest BCUT2D eigenvalue weighted by molar-refractivity contribution is 6.30. The summed E-state index contributed by atoms with van der Waals surface area (Å²) in [5.74, 6) is 1.53. The molecule has 7 heteroatoms. The van der Waals surface area contributed by atoms with Crippen LogP contribution in [0.25, 0.3) is 5.65 Å². The highest BCUT2D eigenvalue weighted by Gasteiger charge is 2.22. The first-order valence-corrected chi connectivity index (χ1v) is 8.71. The average molecular weight is 372 g/mol. The van der Waals surface area contributed by atoms with Crippen LogP contribution < -0.4 is 15.0 Å². The summed E-state index contributed by atoms with van der Waals surface area (Å²) in [4.78, 5) is 18.9. The molecule has 6 nitrogen and oxygen atoms in total. The lowest BCUT2D eigenvalue weighted by Gasteiger charge is -2.29. The molecule has 3 heterocycles. The number of para-hydroxylation sites is 2. The van der Waals surface area contributed by atoms with Crippen molar-refractivity contribution in [1.29, 1.82) is 0 Å². The van der Waals surface area contributed by atoms with E-state index in [1.54, 1.807) is 18.3 Å². The fourth-order valence-electron chi connectivity index (χ4n) is 3.05. The van der Waals surface area contributed by atoms with Gasteiger partial charge < -0.3 is 9.47 Å². The van der Waals surface area contributed by atoms with E-state index in [0.29, 0.717) is 36.1 Å². The number of ether oxygens (including phenoxy) is 2. The van der Waals surface area contributed by atoms with Gasteiger partial charge in [-0.25, -0.2) is 4.98 Å². The zero-order chi connectivity index (χ0) is 18.1. The molecule has 134 valence electrons. The second-order valence-electron chi connectivity index (χ2n) is 6.36. The van der Waals surface area contributed by atoms with Gasteiger partial charge in [0, 0.05) is 25.4 Å². The van der Waals surface area contributed by atoms with Gasteiger partial charge in [-0.2, -0.15) is 0 Å². The Morgan fingerprint density at radius 1 is 1.27 bits per heavy atom. The van der Waals surface area contributed by atoms with Gasteiger partial charge in [0.15, 0.2) is 11.5 Å². The molecule has 0 radical (unpaired) electrons. The third-order valence-electron chi connectivity index (χ3n) is 4.19. The molecule has 0 N–H and O–H groups in total. The Labute approximate surface area is 155 Å². The summed E-state index contributed by atoms with van der Waals surface area (Å²) in [6, 6.07) is 12.6. The Morgan fingerprint density at radius 3 is 2.92 bits per heavy atom. The third-order valence-corrected chi connectivity index (χ3v) is 4.41. The quantitative estimate of drug-likeness (QED) is 0.705. The van der Waals surface area contributed by atoms with E-state index in [4.69, 9.17) is 21.1 Å². The number of aromatic nitrogens is 2. The number of halogens is 1. The second-order valence-corrected chi connectivity index (χ2v) is 6.79. The van der Waals surface area contributed by atoms with Gasteiger partial charge in [0.25, 0.3) is 5.56 Å². The van der Waals surface area contributed by atoms with Crippen molar-refractivity contribution in [2.45, 2.75) is 12.6 Å². The minimum absolute atomic E-state index is 0.0738. The zero-order valence-corrected chi connectivity index (χ0v) is 15.0. The molecule has 2 aromatic heterocycles. The molecule has 0 saturated heterocycles. The molecule has 0 bridgehead atoms. The van der Waals surface area contributed by atoms with E-state index >= 15 is 0 Å². The molecular formula is C19H18ClN3O3. The fraction of sp³-hybridized carbons (Fsp3) is 0.263. The molecule has 1 unspecified atom stereocenters. The van der Waals surface area contributed by atoms with Crippen LogP contribution in [-0.2, 0) is 6.54 Å². The van der Waals surface area contributed by atoms with Gasteiger partial charge in [-0.15, -0.1) is 0 Å². The van der Waals surface area contributed by atoms with Gasteiger partial charge in [-0.05, 0) is 31.3 Å². The van der Waals surface area contributed by atoms with Crippen molar-refractivity contribution in [3.8, 4) is 11.5 Å². The second kappa shape index (κ2) is 6.97. The van der Waals surface area contributed by atoms with Crippen LogP contribution in [0.5, 0.6) is 11.5 Å². The molecule has 1 aliphatic rings. The monoisotopic (exact) mass is 371 g/mol. The van der Waals surface area contributed by atoms with Crippen molar-refractivity contribution in [1.82, 2.24) is 14.3 Å². The molecule has 1 aromatic carbocycles. The largest absolute Gasteiger partial charge is 0.486 e. The Balaban J connectivity index is 1.45. The number of nitrogens with zero attached hydrogens (tertiary/aromatic N) is 3. The molecule has 1 aliphatic heterocycles. The number of hydrogen-bond donors (Lipinski definition) is 0. The van der Waals surface area contributed by atoms with Crippen molar-refractivity contribution < 1.29 is 9.47 Å². The molecular weight excluding hydrogens is 354 g/mol. The minimum Gasteiger partial charge on any atom is -0.486 e. The van der Waals surface area contributed by atoms with Gasteiger partial charge >= 0.3 is 0 Å². The van der Waals surface area contributed by atoms with Crippen molar-refractivity contribution in [2.75, 3.05) is 20.2 Å². The summed E-state index contributed by atoms with van der Waals surface area (Å²) in [6.45, 7) is 1.69. The van der Waals surface area contributed by atoms with Crippen LogP contribution in [0.3, 0.4) is 0 Å². The van der Waals surface area contributed by atoms with E-state index in [1.807, 2.05) is 31.3 Å². The third kappa shape index (κ3) is 3.52. The van der Waals surface area contributed by atoms with Gasteiger partial charge in [0.2, 0.25) is 0 Å². The SMILES string of the molecule is CN(Cc1cc(=O)n2cc(Cl)ccc2n1)CC1COc2ccccc2O1. The fourth-order valence-corrected chi connectivity index (χ4v) is 3.21. The number of fused-ring (bicyclic) bond motifs is 2. The number of rotatable bonds is 4. The molecule has 26 heavy (non-hydrogen) atoms. The van der Waals surface area contributed by atoms with Gasteiger partial charge in [0.1, 0.15) is 18.4 Å². The number of pyridine rings is 1. The van der Waals surface area contributed by atoms with Crippen LogP contribution in [0.1, 0.15) is 5.69 Å². The summed E-state index contributed by atoms with van der Waals surface area (Å²) >= 11 is 5.94. The predicted octanol–water partition coefficient (Wildman–Crippen LogP) is 2.62. The lowest BCUT2D eigenvalue weighted by Crippen LogP contribution is -2.39. The van der Waals surface area contributed by atoms with Crippen molar-refractivity contribution >= 4 is 17.2 Å². The summed E-state index contributed by atoms with van der Waals surface area (Å²) in [5.41, 5.74) is 1.14. The maximum Gasteiger partial charge on any atom is 0.258 e. The normalized spacial score (nSPS) is 16.2. The Bertz CT molecular complexity index is 1000. The van der Waals surface area contributed by atoms with Crippen LogP contribution in [0.2, 0.25) is 5.02 Å². The molecule has 0 amide bonds. The van der Waals surface area contributed by atoms with Crippen LogP contribution in [0, 0.1) is 0 Å². The standard InChI is InChI=1S/C19H18ClN3O3/c1-22(11-15-12-25-16-4-2-3-5-17(16)26-15)10-14-8-19(24)23-9-13(20)6-7-18(23)21-14/h2-9,15H,10-12H2,1H3. The van der Waals surface area contributed by atoms with Gasteiger partial charge in [-0.3, -0.25) is 14.1 Å².